The van der Waals surface area contributed by atoms with E-state index < -0.39 is 4.92 Å². The van der Waals surface area contributed by atoms with Gasteiger partial charge in [0, 0.05) is 24.4 Å². The summed E-state index contributed by atoms with van der Waals surface area (Å²) in [6.45, 7) is 3.00. The van der Waals surface area contributed by atoms with Crippen LogP contribution in [0, 0.1) is 10.1 Å². The zero-order chi connectivity index (χ0) is 11.1. The second kappa shape index (κ2) is 5.98. The molecule has 1 aromatic rings. The Hall–Kier alpha value is -1.62. The van der Waals surface area contributed by atoms with E-state index in [9.17, 15) is 10.1 Å². The highest BCUT2D eigenvalue weighted by Crippen LogP contribution is 2.14. The maximum Gasteiger partial charge on any atom is 0.269 e. The summed E-state index contributed by atoms with van der Waals surface area (Å²) in [6.07, 6.45) is 2.23. The number of anilines is 1. The van der Waals surface area contributed by atoms with Crippen LogP contribution in [-0.2, 0) is 0 Å². The van der Waals surface area contributed by atoms with E-state index in [0.29, 0.717) is 0 Å². The Labute approximate surface area is 88.6 Å². The molecule has 0 aliphatic heterocycles. The highest BCUT2D eigenvalue weighted by Gasteiger charge is 2.02. The highest BCUT2D eigenvalue weighted by molar-refractivity contribution is 5.47. The van der Waals surface area contributed by atoms with Crippen molar-refractivity contribution in [2.45, 2.75) is 19.8 Å². The number of nitrogens with zero attached hydrogens (tertiary/aromatic N) is 1. The molecule has 0 saturated heterocycles. The fraction of sp³-hybridized carbons (Fsp3) is 0.400. The average molecular weight is 209 g/mol. The quantitative estimate of drug-likeness (QED) is 0.428. The zero-order valence-corrected chi connectivity index (χ0v) is 8.69. The fourth-order valence-electron chi connectivity index (χ4n) is 1.10. The van der Waals surface area contributed by atoms with Gasteiger partial charge in [-0.05, 0) is 18.6 Å². The largest absolute Gasteiger partial charge is 0.322 e. The van der Waals surface area contributed by atoms with Crippen LogP contribution in [-0.4, -0.2) is 11.5 Å². The lowest BCUT2D eigenvalue weighted by Gasteiger charge is -2.06. The first-order valence-electron chi connectivity index (χ1n) is 4.97. The lowest BCUT2D eigenvalue weighted by Crippen LogP contribution is -2.22. The molecule has 0 amide bonds. The van der Waals surface area contributed by atoms with Gasteiger partial charge in [0.05, 0.1) is 4.92 Å². The number of nitrogens with one attached hydrogen (secondary N) is 2. The number of rotatable bonds is 6. The topological polar surface area (TPSA) is 67.2 Å². The molecule has 1 aromatic carbocycles. The first-order valence-corrected chi connectivity index (χ1v) is 4.97. The monoisotopic (exact) mass is 209 g/mol. The predicted molar refractivity (Wildman–Crippen MR) is 59.6 cm³/mol. The second-order valence-electron chi connectivity index (χ2n) is 3.21. The summed E-state index contributed by atoms with van der Waals surface area (Å²) in [7, 11) is 0. The molecule has 0 bridgehead atoms. The number of nitro benzene ring substituents is 1. The Morgan fingerprint density at radius 3 is 2.53 bits per heavy atom. The number of hydrogen-bond donors (Lipinski definition) is 2. The zero-order valence-electron chi connectivity index (χ0n) is 8.69. The van der Waals surface area contributed by atoms with Gasteiger partial charge in [0.2, 0.25) is 0 Å². The summed E-state index contributed by atoms with van der Waals surface area (Å²) in [5, 5.41) is 10.4. The standard InChI is InChI=1S/C10H15N3O2/c1-2-3-8-11-12-9-4-6-10(7-5-9)13(14)15/h4-7,11-12H,2-3,8H2,1H3. The molecule has 0 unspecified atom stereocenters. The van der Waals surface area contributed by atoms with E-state index >= 15 is 0 Å². The van der Waals surface area contributed by atoms with Crippen molar-refractivity contribution >= 4 is 11.4 Å². The molecule has 0 radical (unpaired) electrons. The van der Waals surface area contributed by atoms with Gasteiger partial charge in [-0.3, -0.25) is 10.1 Å². The lowest BCUT2D eigenvalue weighted by atomic mass is 10.3. The predicted octanol–water partition coefficient (Wildman–Crippen LogP) is 2.31. The van der Waals surface area contributed by atoms with Gasteiger partial charge in [-0.1, -0.05) is 13.3 Å². The van der Waals surface area contributed by atoms with E-state index in [1.54, 1.807) is 12.1 Å². The first-order chi connectivity index (χ1) is 7.24. The Morgan fingerprint density at radius 2 is 2.00 bits per heavy atom. The normalized spacial score (nSPS) is 9.93. The van der Waals surface area contributed by atoms with Crippen molar-refractivity contribution in [3.63, 3.8) is 0 Å². The number of non-ortho nitro benzene ring substituents is 1. The van der Waals surface area contributed by atoms with Crippen molar-refractivity contribution < 1.29 is 4.92 Å². The summed E-state index contributed by atoms with van der Waals surface area (Å²) in [5.74, 6) is 0. The van der Waals surface area contributed by atoms with Gasteiger partial charge in [0.25, 0.3) is 5.69 Å². The van der Waals surface area contributed by atoms with Crippen LogP contribution >= 0.6 is 0 Å². The SMILES string of the molecule is CCCCNNc1ccc([N+](=O)[O-])cc1. The van der Waals surface area contributed by atoms with Crippen LogP contribution in [0.2, 0.25) is 0 Å². The van der Waals surface area contributed by atoms with Crippen LogP contribution in [0.15, 0.2) is 24.3 Å². The van der Waals surface area contributed by atoms with Gasteiger partial charge >= 0.3 is 0 Å². The van der Waals surface area contributed by atoms with E-state index in [2.05, 4.69) is 17.8 Å². The summed E-state index contributed by atoms with van der Waals surface area (Å²) < 4.78 is 0. The average Bonchev–Trinajstić information content (AvgIpc) is 2.25. The molecular weight excluding hydrogens is 194 g/mol. The molecule has 0 atom stereocenters. The molecule has 0 aromatic heterocycles. The minimum atomic E-state index is -0.408. The molecule has 0 fully saturated rings. The van der Waals surface area contributed by atoms with E-state index in [0.717, 1.165) is 25.1 Å². The van der Waals surface area contributed by atoms with Crippen molar-refractivity contribution in [2.75, 3.05) is 12.0 Å². The summed E-state index contributed by atoms with van der Waals surface area (Å²) in [4.78, 5) is 9.97. The molecule has 0 aliphatic rings. The molecule has 0 aliphatic carbocycles. The molecule has 1 rings (SSSR count). The molecule has 82 valence electrons. The van der Waals surface area contributed by atoms with Crippen molar-refractivity contribution in [3.8, 4) is 0 Å². The van der Waals surface area contributed by atoms with Crippen LogP contribution in [0.5, 0.6) is 0 Å². The molecule has 0 spiro atoms. The maximum atomic E-state index is 10.4. The molecule has 0 heterocycles. The van der Waals surface area contributed by atoms with Crippen LogP contribution in [0.4, 0.5) is 11.4 Å². The molecule has 5 heteroatoms. The third kappa shape index (κ3) is 3.95. The van der Waals surface area contributed by atoms with Crippen molar-refractivity contribution in [1.29, 1.82) is 0 Å². The number of nitro groups is 1. The van der Waals surface area contributed by atoms with Gasteiger partial charge in [-0.15, -0.1) is 0 Å². The molecule has 0 saturated carbocycles. The molecule has 5 nitrogen and oxygen atoms in total. The Kier molecular flexibility index (Phi) is 4.56. The number of benzene rings is 1. The van der Waals surface area contributed by atoms with E-state index in [4.69, 9.17) is 0 Å². The lowest BCUT2D eigenvalue weighted by molar-refractivity contribution is -0.384. The summed E-state index contributed by atoms with van der Waals surface area (Å²) in [5.41, 5.74) is 6.94. The van der Waals surface area contributed by atoms with E-state index in [1.165, 1.54) is 12.1 Å². The molecule has 2 N–H and O–H groups in total. The molecule has 15 heavy (non-hydrogen) atoms. The van der Waals surface area contributed by atoms with Crippen LogP contribution in [0.1, 0.15) is 19.8 Å². The second-order valence-corrected chi connectivity index (χ2v) is 3.21. The fourth-order valence-corrected chi connectivity index (χ4v) is 1.10. The van der Waals surface area contributed by atoms with E-state index in [-0.39, 0.29) is 5.69 Å². The highest BCUT2D eigenvalue weighted by atomic mass is 16.6. The summed E-state index contributed by atoms with van der Waals surface area (Å²) in [6, 6.07) is 6.31. The Balaban J connectivity index is 2.39. The third-order valence-electron chi connectivity index (χ3n) is 1.97. The summed E-state index contributed by atoms with van der Waals surface area (Å²) >= 11 is 0. The Bertz CT molecular complexity index is 311. The van der Waals surface area contributed by atoms with Crippen molar-refractivity contribution in [3.05, 3.63) is 34.4 Å². The van der Waals surface area contributed by atoms with Crippen LogP contribution < -0.4 is 10.9 Å². The van der Waals surface area contributed by atoms with Gasteiger partial charge in [-0.2, -0.15) is 0 Å². The van der Waals surface area contributed by atoms with Crippen LogP contribution in [0.25, 0.3) is 0 Å². The van der Waals surface area contributed by atoms with Gasteiger partial charge in [0.15, 0.2) is 0 Å². The van der Waals surface area contributed by atoms with Crippen molar-refractivity contribution in [2.24, 2.45) is 0 Å². The van der Waals surface area contributed by atoms with Crippen molar-refractivity contribution in [1.82, 2.24) is 5.43 Å². The van der Waals surface area contributed by atoms with Crippen LogP contribution in [0.3, 0.4) is 0 Å². The third-order valence-corrected chi connectivity index (χ3v) is 1.97. The number of hydrazine groups is 1. The minimum Gasteiger partial charge on any atom is -0.322 e. The first kappa shape index (κ1) is 11.5. The van der Waals surface area contributed by atoms with Gasteiger partial charge < -0.3 is 5.43 Å². The van der Waals surface area contributed by atoms with Gasteiger partial charge in [-0.25, -0.2) is 5.43 Å². The Morgan fingerprint density at radius 1 is 1.33 bits per heavy atom. The number of unbranched alkanes of at least 4 members (excludes halogenated alkanes) is 1. The van der Waals surface area contributed by atoms with Gasteiger partial charge in [0.1, 0.15) is 0 Å². The molecular formula is C10H15N3O2. The minimum absolute atomic E-state index is 0.106. The maximum absolute atomic E-state index is 10.4. The van der Waals surface area contributed by atoms with E-state index in [1.807, 2.05) is 0 Å². The number of hydrogen-bond acceptors (Lipinski definition) is 4. The smallest absolute Gasteiger partial charge is 0.269 e.